The molecule has 0 aliphatic carbocycles. The van der Waals surface area contributed by atoms with Gasteiger partial charge in [-0.05, 0) is 18.6 Å². The predicted molar refractivity (Wildman–Crippen MR) is 91.9 cm³/mol. The summed E-state index contributed by atoms with van der Waals surface area (Å²) in [6.45, 7) is 2.17. The Balaban J connectivity index is 1.72. The van der Waals surface area contributed by atoms with Crippen LogP contribution in [0.5, 0.6) is 0 Å². The minimum atomic E-state index is 0.0464. The van der Waals surface area contributed by atoms with Gasteiger partial charge in [0.1, 0.15) is 0 Å². The molecule has 0 saturated heterocycles. The first-order valence-corrected chi connectivity index (χ1v) is 8.80. The number of hydrogen-bond acceptors (Lipinski definition) is 4. The second kappa shape index (κ2) is 6.52. The van der Waals surface area contributed by atoms with E-state index >= 15 is 0 Å². The monoisotopic (exact) mass is 314 g/mol. The van der Waals surface area contributed by atoms with Gasteiger partial charge < -0.3 is 5.73 Å². The molecule has 108 valence electrons. The van der Waals surface area contributed by atoms with E-state index < -0.39 is 0 Å². The van der Waals surface area contributed by atoms with Crippen molar-refractivity contribution in [1.82, 2.24) is 4.98 Å². The molecule has 3 aromatic rings. The standard InChI is InChI=1S/C17H18N2S2/c1-2-13-8-9-16(21-13)14(18)10-17-19-15(11-20-17)12-6-4-3-5-7-12/h3-9,11,14H,2,10,18H2,1H3. The first-order chi connectivity index (χ1) is 10.3. The van der Waals surface area contributed by atoms with Crippen LogP contribution in [-0.4, -0.2) is 4.98 Å². The van der Waals surface area contributed by atoms with Crippen molar-refractivity contribution in [2.24, 2.45) is 5.73 Å². The van der Waals surface area contributed by atoms with Crippen LogP contribution in [0.1, 0.15) is 27.7 Å². The van der Waals surface area contributed by atoms with Gasteiger partial charge >= 0.3 is 0 Å². The van der Waals surface area contributed by atoms with Crippen molar-refractivity contribution in [1.29, 1.82) is 0 Å². The van der Waals surface area contributed by atoms with Gasteiger partial charge in [-0.15, -0.1) is 22.7 Å². The van der Waals surface area contributed by atoms with Gasteiger partial charge in [-0.2, -0.15) is 0 Å². The maximum Gasteiger partial charge on any atom is 0.0951 e. The normalized spacial score (nSPS) is 12.5. The van der Waals surface area contributed by atoms with E-state index in [9.17, 15) is 0 Å². The summed E-state index contributed by atoms with van der Waals surface area (Å²) >= 11 is 3.51. The Labute approximate surface area is 133 Å². The minimum absolute atomic E-state index is 0.0464. The van der Waals surface area contributed by atoms with Crippen molar-refractivity contribution in [2.45, 2.75) is 25.8 Å². The van der Waals surface area contributed by atoms with Crippen molar-refractivity contribution in [3.05, 3.63) is 62.6 Å². The zero-order valence-corrected chi connectivity index (χ0v) is 13.6. The van der Waals surface area contributed by atoms with Crippen LogP contribution in [0.25, 0.3) is 11.3 Å². The molecule has 0 fully saturated rings. The van der Waals surface area contributed by atoms with E-state index in [1.54, 1.807) is 11.3 Å². The molecule has 0 spiro atoms. The van der Waals surface area contributed by atoms with Crippen LogP contribution in [-0.2, 0) is 12.8 Å². The van der Waals surface area contributed by atoms with Crippen LogP contribution in [0, 0.1) is 0 Å². The molecular weight excluding hydrogens is 296 g/mol. The van der Waals surface area contributed by atoms with Crippen molar-refractivity contribution in [3.8, 4) is 11.3 Å². The molecule has 0 aliphatic rings. The average Bonchev–Trinajstić information content (AvgIpc) is 3.17. The lowest BCUT2D eigenvalue weighted by atomic mass is 10.1. The summed E-state index contributed by atoms with van der Waals surface area (Å²) in [5.41, 5.74) is 8.53. The highest BCUT2D eigenvalue weighted by Gasteiger charge is 2.13. The summed E-state index contributed by atoms with van der Waals surface area (Å²) in [6.07, 6.45) is 1.88. The zero-order chi connectivity index (χ0) is 14.7. The first kappa shape index (κ1) is 14.4. The third kappa shape index (κ3) is 3.40. The van der Waals surface area contributed by atoms with E-state index in [0.717, 1.165) is 29.1 Å². The lowest BCUT2D eigenvalue weighted by Crippen LogP contribution is -2.11. The predicted octanol–water partition coefficient (Wildman–Crippen LogP) is 4.68. The highest BCUT2D eigenvalue weighted by Crippen LogP contribution is 2.27. The number of nitrogens with two attached hydrogens (primary N) is 1. The Bertz CT molecular complexity index is 700. The van der Waals surface area contributed by atoms with Gasteiger partial charge in [-0.25, -0.2) is 4.98 Å². The molecule has 0 amide bonds. The molecule has 4 heteroatoms. The number of hydrogen-bond donors (Lipinski definition) is 1. The van der Waals surface area contributed by atoms with Crippen LogP contribution in [0.4, 0.5) is 0 Å². The molecule has 0 aliphatic heterocycles. The third-order valence-electron chi connectivity index (χ3n) is 3.41. The molecule has 1 atom stereocenters. The molecule has 2 heterocycles. The second-order valence-electron chi connectivity index (χ2n) is 4.96. The van der Waals surface area contributed by atoms with Gasteiger partial charge in [0.25, 0.3) is 0 Å². The van der Waals surface area contributed by atoms with Crippen LogP contribution in [0.15, 0.2) is 47.8 Å². The first-order valence-electron chi connectivity index (χ1n) is 7.10. The molecule has 2 N–H and O–H groups in total. The smallest absolute Gasteiger partial charge is 0.0951 e. The molecule has 2 aromatic heterocycles. The van der Waals surface area contributed by atoms with Gasteiger partial charge in [-0.1, -0.05) is 37.3 Å². The maximum absolute atomic E-state index is 6.32. The van der Waals surface area contributed by atoms with Gasteiger partial charge in [0.2, 0.25) is 0 Å². The Kier molecular flexibility index (Phi) is 4.48. The number of thiazole rings is 1. The zero-order valence-electron chi connectivity index (χ0n) is 12.0. The Morgan fingerprint density at radius 1 is 1.14 bits per heavy atom. The SMILES string of the molecule is CCc1ccc(C(N)Cc2nc(-c3ccccc3)cs2)s1. The summed E-state index contributed by atoms with van der Waals surface area (Å²) in [5.74, 6) is 0. The van der Waals surface area contributed by atoms with E-state index in [2.05, 4.69) is 36.6 Å². The molecule has 0 radical (unpaired) electrons. The lowest BCUT2D eigenvalue weighted by Gasteiger charge is -2.06. The fraction of sp³-hybridized carbons (Fsp3) is 0.235. The molecule has 0 saturated carbocycles. The van der Waals surface area contributed by atoms with Crippen LogP contribution in [0.3, 0.4) is 0 Å². The maximum atomic E-state index is 6.32. The number of aryl methyl sites for hydroxylation is 1. The van der Waals surface area contributed by atoms with Gasteiger partial charge in [0.05, 0.1) is 10.7 Å². The summed E-state index contributed by atoms with van der Waals surface area (Å²) < 4.78 is 0. The lowest BCUT2D eigenvalue weighted by molar-refractivity contribution is 0.732. The molecule has 1 unspecified atom stereocenters. The summed E-state index contributed by atoms with van der Waals surface area (Å²) in [6, 6.07) is 14.7. The van der Waals surface area contributed by atoms with Crippen molar-refractivity contribution in [2.75, 3.05) is 0 Å². The van der Waals surface area contributed by atoms with E-state index in [-0.39, 0.29) is 6.04 Å². The van der Waals surface area contributed by atoms with E-state index in [0.29, 0.717) is 0 Å². The van der Waals surface area contributed by atoms with Crippen molar-refractivity contribution in [3.63, 3.8) is 0 Å². The molecule has 21 heavy (non-hydrogen) atoms. The number of thiophene rings is 1. The Hall–Kier alpha value is -1.49. The second-order valence-corrected chi connectivity index (χ2v) is 7.10. The Morgan fingerprint density at radius 2 is 1.95 bits per heavy atom. The molecule has 2 nitrogen and oxygen atoms in total. The van der Waals surface area contributed by atoms with Crippen molar-refractivity contribution < 1.29 is 0 Å². The summed E-state index contributed by atoms with van der Waals surface area (Å²) in [5, 5.41) is 3.22. The number of rotatable bonds is 5. The summed E-state index contributed by atoms with van der Waals surface area (Å²) in [4.78, 5) is 7.36. The van der Waals surface area contributed by atoms with Gasteiger partial charge in [-0.3, -0.25) is 0 Å². The molecular formula is C17H18N2S2. The van der Waals surface area contributed by atoms with Crippen LogP contribution in [0.2, 0.25) is 0 Å². The molecule has 3 rings (SSSR count). The van der Waals surface area contributed by atoms with Crippen LogP contribution < -0.4 is 5.73 Å². The van der Waals surface area contributed by atoms with Gasteiger partial charge in [0, 0.05) is 33.2 Å². The van der Waals surface area contributed by atoms with E-state index in [1.807, 2.05) is 29.5 Å². The van der Waals surface area contributed by atoms with Crippen LogP contribution >= 0.6 is 22.7 Å². The van der Waals surface area contributed by atoms with E-state index in [4.69, 9.17) is 10.7 Å². The fourth-order valence-corrected chi connectivity index (χ4v) is 4.04. The third-order valence-corrected chi connectivity index (χ3v) is 5.64. The molecule has 0 bridgehead atoms. The van der Waals surface area contributed by atoms with Crippen molar-refractivity contribution >= 4 is 22.7 Å². The van der Waals surface area contributed by atoms with Gasteiger partial charge in [0.15, 0.2) is 0 Å². The highest BCUT2D eigenvalue weighted by atomic mass is 32.1. The largest absolute Gasteiger partial charge is 0.323 e. The quantitative estimate of drug-likeness (QED) is 0.743. The Morgan fingerprint density at radius 3 is 2.67 bits per heavy atom. The number of aromatic nitrogens is 1. The summed E-state index contributed by atoms with van der Waals surface area (Å²) in [7, 11) is 0. The highest BCUT2D eigenvalue weighted by molar-refractivity contribution is 7.12. The molecule has 1 aromatic carbocycles. The average molecular weight is 314 g/mol. The van der Waals surface area contributed by atoms with E-state index in [1.165, 1.54) is 9.75 Å². The number of benzene rings is 1. The minimum Gasteiger partial charge on any atom is -0.323 e. The number of nitrogens with zero attached hydrogens (tertiary/aromatic N) is 1. The topological polar surface area (TPSA) is 38.9 Å². The fourth-order valence-electron chi connectivity index (χ4n) is 2.22.